The van der Waals surface area contributed by atoms with Crippen molar-refractivity contribution in [2.45, 2.75) is 25.7 Å². The number of hydrogen-bond acceptors (Lipinski definition) is 3. The summed E-state index contributed by atoms with van der Waals surface area (Å²) in [6.07, 6.45) is 4.52. The molecule has 3 heteroatoms. The minimum Gasteiger partial charge on any atom is -0.381 e. The van der Waals surface area contributed by atoms with Gasteiger partial charge in [-0.05, 0) is 42.9 Å². The number of aryl methyl sites for hydroxylation is 2. The summed E-state index contributed by atoms with van der Waals surface area (Å²) in [4.78, 5) is 12.1. The summed E-state index contributed by atoms with van der Waals surface area (Å²) in [5.74, 6) is 0.557. The molecule has 19 heavy (non-hydrogen) atoms. The summed E-state index contributed by atoms with van der Waals surface area (Å²) >= 11 is 0. The monoisotopic (exact) mass is 260 g/mol. The standard InChI is InChI=1S/C16H20O3/c17-16(11-19-10-12-6-7-18-9-12)15-5-4-13-2-1-3-14(13)8-15/h4-5,8,12H,1-3,6-7,9-11H2. The number of fused-ring (bicyclic) bond motifs is 1. The normalized spacial score (nSPS) is 21.6. The molecule has 0 N–H and O–H groups in total. The fourth-order valence-electron chi connectivity index (χ4n) is 2.86. The van der Waals surface area contributed by atoms with E-state index in [0.29, 0.717) is 12.5 Å². The summed E-state index contributed by atoms with van der Waals surface area (Å²) < 4.78 is 10.8. The zero-order chi connectivity index (χ0) is 13.1. The van der Waals surface area contributed by atoms with Crippen molar-refractivity contribution in [1.29, 1.82) is 0 Å². The third-order valence-corrected chi connectivity index (χ3v) is 4.03. The van der Waals surface area contributed by atoms with Gasteiger partial charge in [-0.3, -0.25) is 4.79 Å². The van der Waals surface area contributed by atoms with E-state index in [2.05, 4.69) is 6.07 Å². The van der Waals surface area contributed by atoms with E-state index in [1.807, 2.05) is 12.1 Å². The number of benzene rings is 1. The number of ketones is 1. The Labute approximate surface area is 113 Å². The minimum atomic E-state index is 0.0913. The van der Waals surface area contributed by atoms with Crippen molar-refractivity contribution in [3.8, 4) is 0 Å². The first-order valence-corrected chi connectivity index (χ1v) is 7.13. The zero-order valence-corrected chi connectivity index (χ0v) is 11.2. The predicted molar refractivity (Wildman–Crippen MR) is 72.5 cm³/mol. The summed E-state index contributed by atoms with van der Waals surface area (Å²) in [7, 11) is 0. The molecule has 1 aliphatic heterocycles. The van der Waals surface area contributed by atoms with Crippen LogP contribution in [-0.4, -0.2) is 32.2 Å². The highest BCUT2D eigenvalue weighted by Gasteiger charge is 2.17. The molecule has 102 valence electrons. The van der Waals surface area contributed by atoms with Gasteiger partial charge < -0.3 is 9.47 Å². The number of carbonyl (C=O) groups excluding carboxylic acids is 1. The molecule has 0 bridgehead atoms. The van der Waals surface area contributed by atoms with Gasteiger partial charge in [-0.2, -0.15) is 0 Å². The van der Waals surface area contributed by atoms with Gasteiger partial charge in [0.2, 0.25) is 0 Å². The first kappa shape index (κ1) is 12.8. The maximum absolute atomic E-state index is 12.1. The maximum Gasteiger partial charge on any atom is 0.188 e. The molecule has 3 rings (SSSR count). The molecule has 1 fully saturated rings. The van der Waals surface area contributed by atoms with Gasteiger partial charge in [0.25, 0.3) is 0 Å². The van der Waals surface area contributed by atoms with Gasteiger partial charge in [0.15, 0.2) is 5.78 Å². The van der Waals surface area contributed by atoms with Crippen molar-refractivity contribution in [2.75, 3.05) is 26.4 Å². The second-order valence-corrected chi connectivity index (χ2v) is 5.50. The molecular weight excluding hydrogens is 240 g/mol. The first-order valence-electron chi connectivity index (χ1n) is 7.13. The van der Waals surface area contributed by atoms with Crippen LogP contribution in [0.4, 0.5) is 0 Å². The van der Waals surface area contributed by atoms with E-state index in [1.54, 1.807) is 0 Å². The van der Waals surface area contributed by atoms with Crippen LogP contribution in [0.3, 0.4) is 0 Å². The molecule has 0 radical (unpaired) electrons. The molecule has 2 aliphatic rings. The summed E-state index contributed by atoms with van der Waals surface area (Å²) in [5.41, 5.74) is 3.54. The van der Waals surface area contributed by atoms with Crippen molar-refractivity contribution in [1.82, 2.24) is 0 Å². The maximum atomic E-state index is 12.1. The van der Waals surface area contributed by atoms with E-state index in [9.17, 15) is 4.79 Å². The Morgan fingerprint density at radius 3 is 3.05 bits per heavy atom. The lowest BCUT2D eigenvalue weighted by Gasteiger charge is -2.09. The lowest BCUT2D eigenvalue weighted by molar-refractivity contribution is 0.0651. The van der Waals surface area contributed by atoms with Crippen molar-refractivity contribution >= 4 is 5.78 Å². The van der Waals surface area contributed by atoms with E-state index < -0.39 is 0 Å². The summed E-state index contributed by atoms with van der Waals surface area (Å²) in [6, 6.07) is 6.08. The first-order chi connectivity index (χ1) is 9.33. The molecule has 1 aromatic carbocycles. The quantitative estimate of drug-likeness (QED) is 0.763. The highest BCUT2D eigenvalue weighted by atomic mass is 16.5. The molecular formula is C16H20O3. The lowest BCUT2D eigenvalue weighted by atomic mass is 10.0. The predicted octanol–water partition coefficient (Wildman–Crippen LogP) is 2.41. The van der Waals surface area contributed by atoms with Crippen molar-refractivity contribution in [3.05, 3.63) is 34.9 Å². The smallest absolute Gasteiger partial charge is 0.188 e. The molecule has 1 unspecified atom stereocenters. The van der Waals surface area contributed by atoms with Gasteiger partial charge in [0.05, 0.1) is 13.2 Å². The Kier molecular flexibility index (Phi) is 3.95. The Morgan fingerprint density at radius 2 is 2.21 bits per heavy atom. The molecule has 1 atom stereocenters. The molecule has 3 nitrogen and oxygen atoms in total. The molecule has 0 saturated carbocycles. The summed E-state index contributed by atoms with van der Waals surface area (Å²) in [5, 5.41) is 0. The SMILES string of the molecule is O=C(COCC1CCOC1)c1ccc2c(c1)CCC2. The van der Waals surface area contributed by atoms with Crippen LogP contribution in [0, 0.1) is 5.92 Å². The van der Waals surface area contributed by atoms with Crippen LogP contribution < -0.4 is 0 Å². The zero-order valence-electron chi connectivity index (χ0n) is 11.2. The second kappa shape index (κ2) is 5.85. The minimum absolute atomic E-state index is 0.0913. The molecule has 0 aromatic heterocycles. The molecule has 0 amide bonds. The van der Waals surface area contributed by atoms with Crippen LogP contribution in [-0.2, 0) is 22.3 Å². The van der Waals surface area contributed by atoms with Gasteiger partial charge >= 0.3 is 0 Å². The van der Waals surface area contributed by atoms with Crippen LogP contribution in [0.15, 0.2) is 18.2 Å². The van der Waals surface area contributed by atoms with Gasteiger partial charge in [0.1, 0.15) is 6.61 Å². The third kappa shape index (κ3) is 3.04. The van der Waals surface area contributed by atoms with Crippen LogP contribution in [0.2, 0.25) is 0 Å². The van der Waals surface area contributed by atoms with Crippen molar-refractivity contribution in [2.24, 2.45) is 5.92 Å². The molecule has 1 aromatic rings. The second-order valence-electron chi connectivity index (χ2n) is 5.50. The number of ether oxygens (including phenoxy) is 2. The topological polar surface area (TPSA) is 35.5 Å². The Morgan fingerprint density at radius 1 is 1.32 bits per heavy atom. The largest absolute Gasteiger partial charge is 0.381 e. The van der Waals surface area contributed by atoms with E-state index in [1.165, 1.54) is 17.5 Å². The van der Waals surface area contributed by atoms with E-state index in [4.69, 9.17) is 9.47 Å². The van der Waals surface area contributed by atoms with Crippen LogP contribution in [0.25, 0.3) is 0 Å². The number of hydrogen-bond donors (Lipinski definition) is 0. The Hall–Kier alpha value is -1.19. The average molecular weight is 260 g/mol. The average Bonchev–Trinajstić information content (AvgIpc) is 3.08. The van der Waals surface area contributed by atoms with Gasteiger partial charge in [-0.15, -0.1) is 0 Å². The van der Waals surface area contributed by atoms with Crippen LogP contribution in [0.5, 0.6) is 0 Å². The van der Waals surface area contributed by atoms with Crippen molar-refractivity contribution in [3.63, 3.8) is 0 Å². The number of carbonyl (C=O) groups is 1. The Bertz CT molecular complexity index is 461. The number of rotatable bonds is 5. The molecule has 1 aliphatic carbocycles. The fraction of sp³-hybridized carbons (Fsp3) is 0.562. The van der Waals surface area contributed by atoms with Gasteiger partial charge in [0, 0.05) is 18.1 Å². The molecule has 0 spiro atoms. The molecule has 1 heterocycles. The van der Waals surface area contributed by atoms with E-state index >= 15 is 0 Å². The van der Waals surface area contributed by atoms with Crippen LogP contribution >= 0.6 is 0 Å². The highest BCUT2D eigenvalue weighted by Crippen LogP contribution is 2.23. The van der Waals surface area contributed by atoms with Crippen LogP contribution in [0.1, 0.15) is 34.3 Å². The van der Waals surface area contributed by atoms with E-state index in [-0.39, 0.29) is 12.4 Å². The van der Waals surface area contributed by atoms with E-state index in [0.717, 1.165) is 38.0 Å². The van der Waals surface area contributed by atoms with Crippen molar-refractivity contribution < 1.29 is 14.3 Å². The Balaban J connectivity index is 1.52. The summed E-state index contributed by atoms with van der Waals surface area (Å²) in [6.45, 7) is 2.42. The van der Waals surface area contributed by atoms with Gasteiger partial charge in [-0.25, -0.2) is 0 Å². The van der Waals surface area contributed by atoms with Gasteiger partial charge in [-0.1, -0.05) is 12.1 Å². The number of Topliss-reactive ketones (excluding diaryl/α,β-unsaturated/α-hetero) is 1. The molecule has 1 saturated heterocycles. The highest BCUT2D eigenvalue weighted by molar-refractivity contribution is 5.97. The third-order valence-electron chi connectivity index (χ3n) is 4.03. The fourth-order valence-corrected chi connectivity index (χ4v) is 2.86. The lowest BCUT2D eigenvalue weighted by Crippen LogP contribution is -2.15.